The van der Waals surface area contributed by atoms with E-state index >= 15 is 0 Å². The third-order valence-electron chi connectivity index (χ3n) is 4.06. The Balaban J connectivity index is 1.63. The Morgan fingerprint density at radius 3 is 1.60 bits per heavy atom. The molecule has 0 aliphatic carbocycles. The van der Waals surface area contributed by atoms with E-state index in [1.165, 1.54) is 0 Å². The normalized spacial score (nSPS) is 10.8. The van der Waals surface area contributed by atoms with E-state index in [9.17, 15) is 0 Å². The summed E-state index contributed by atoms with van der Waals surface area (Å²) >= 11 is 0. The molecule has 4 aromatic rings. The second-order valence-corrected chi connectivity index (χ2v) is 5.88. The molecule has 0 aliphatic heterocycles. The molecule has 2 aromatic heterocycles. The highest BCUT2D eigenvalue weighted by Gasteiger charge is 2.07. The number of ether oxygens (including phenoxy) is 1. The van der Waals surface area contributed by atoms with Crippen LogP contribution in [0.5, 0.6) is 11.5 Å². The molecule has 0 aliphatic rings. The fraction of sp³-hybridized carbons (Fsp3) is 0.100. The molecule has 0 bridgehead atoms. The Kier molecular flexibility index (Phi) is 3.82. The maximum Gasteiger partial charge on any atom is 0.139 e. The zero-order chi connectivity index (χ0) is 17.2. The van der Waals surface area contributed by atoms with Crippen LogP contribution in [0.2, 0.25) is 0 Å². The molecule has 25 heavy (non-hydrogen) atoms. The summed E-state index contributed by atoms with van der Waals surface area (Å²) in [4.78, 5) is 8.78. The predicted octanol–water partition coefficient (Wildman–Crippen LogP) is 4.28. The Labute approximate surface area is 146 Å². The third kappa shape index (κ3) is 3.04. The van der Waals surface area contributed by atoms with Gasteiger partial charge in [0.2, 0.25) is 0 Å². The molecule has 0 saturated carbocycles. The Morgan fingerprint density at radius 2 is 1.20 bits per heavy atom. The molecule has 0 N–H and O–H groups in total. The van der Waals surface area contributed by atoms with Crippen molar-refractivity contribution in [3.8, 4) is 34.3 Å². The number of nitrogens with zero attached hydrogens (tertiary/aromatic N) is 4. The Hall–Kier alpha value is -3.34. The summed E-state index contributed by atoms with van der Waals surface area (Å²) in [6.45, 7) is 0. The highest BCUT2D eigenvalue weighted by Crippen LogP contribution is 2.29. The standard InChI is InChI=1S/C20H18N4O/c1-23-11-9-21-19(23)15-5-3-7-17(13-15)25-18-8-4-6-16(14-18)20-22-10-12-24(20)2/h3-14H,1-2H3. The summed E-state index contributed by atoms with van der Waals surface area (Å²) < 4.78 is 10.0. The molecular formula is C20H18N4O. The molecule has 4 rings (SSSR count). The predicted molar refractivity (Wildman–Crippen MR) is 97.4 cm³/mol. The van der Waals surface area contributed by atoms with Crippen molar-refractivity contribution < 1.29 is 4.74 Å². The molecule has 0 atom stereocenters. The van der Waals surface area contributed by atoms with Gasteiger partial charge in [0.1, 0.15) is 23.1 Å². The summed E-state index contributed by atoms with van der Waals surface area (Å²) in [5, 5.41) is 0. The van der Waals surface area contributed by atoms with Gasteiger partial charge in [-0.05, 0) is 24.3 Å². The average molecular weight is 330 g/mol. The second kappa shape index (κ2) is 6.28. The molecule has 2 heterocycles. The highest BCUT2D eigenvalue weighted by atomic mass is 16.5. The molecular weight excluding hydrogens is 312 g/mol. The zero-order valence-electron chi connectivity index (χ0n) is 14.1. The van der Waals surface area contributed by atoms with Gasteiger partial charge in [0, 0.05) is 50.0 Å². The number of aromatic nitrogens is 4. The quantitative estimate of drug-likeness (QED) is 0.561. The van der Waals surface area contributed by atoms with Crippen molar-refractivity contribution in [3.63, 3.8) is 0 Å². The maximum atomic E-state index is 6.06. The van der Waals surface area contributed by atoms with Crippen molar-refractivity contribution in [2.24, 2.45) is 14.1 Å². The molecule has 124 valence electrons. The summed E-state index contributed by atoms with van der Waals surface area (Å²) in [6, 6.07) is 15.9. The second-order valence-electron chi connectivity index (χ2n) is 5.88. The number of imidazole rings is 2. The van der Waals surface area contributed by atoms with Gasteiger partial charge in [-0.2, -0.15) is 0 Å². The van der Waals surface area contributed by atoms with Crippen LogP contribution < -0.4 is 4.74 Å². The van der Waals surface area contributed by atoms with Gasteiger partial charge in [-0.3, -0.25) is 0 Å². The van der Waals surface area contributed by atoms with Gasteiger partial charge in [-0.15, -0.1) is 0 Å². The van der Waals surface area contributed by atoms with Crippen LogP contribution in [-0.4, -0.2) is 19.1 Å². The lowest BCUT2D eigenvalue weighted by Gasteiger charge is -2.09. The van der Waals surface area contributed by atoms with Gasteiger partial charge in [-0.25, -0.2) is 9.97 Å². The van der Waals surface area contributed by atoms with Gasteiger partial charge in [0.25, 0.3) is 0 Å². The molecule has 5 heteroatoms. The first-order chi connectivity index (χ1) is 12.2. The largest absolute Gasteiger partial charge is 0.457 e. The van der Waals surface area contributed by atoms with Crippen LogP contribution in [-0.2, 0) is 14.1 Å². The van der Waals surface area contributed by atoms with E-state index in [1.54, 1.807) is 12.4 Å². The minimum absolute atomic E-state index is 0.775. The van der Waals surface area contributed by atoms with E-state index in [0.29, 0.717) is 0 Å². The van der Waals surface area contributed by atoms with E-state index in [2.05, 4.69) is 9.97 Å². The van der Waals surface area contributed by atoms with Crippen LogP contribution >= 0.6 is 0 Å². The topological polar surface area (TPSA) is 44.9 Å². The summed E-state index contributed by atoms with van der Waals surface area (Å²) in [7, 11) is 3.96. The highest BCUT2D eigenvalue weighted by molar-refractivity contribution is 5.60. The number of hydrogen-bond acceptors (Lipinski definition) is 3. The van der Waals surface area contributed by atoms with Crippen molar-refractivity contribution in [2.45, 2.75) is 0 Å². The van der Waals surface area contributed by atoms with Crippen molar-refractivity contribution in [1.29, 1.82) is 0 Å². The van der Waals surface area contributed by atoms with Crippen molar-refractivity contribution in [2.75, 3.05) is 0 Å². The van der Waals surface area contributed by atoms with Crippen molar-refractivity contribution >= 4 is 0 Å². The first kappa shape index (κ1) is 15.2. The lowest BCUT2D eigenvalue weighted by Crippen LogP contribution is -1.93. The van der Waals surface area contributed by atoms with Crippen molar-refractivity contribution in [3.05, 3.63) is 73.3 Å². The zero-order valence-corrected chi connectivity index (χ0v) is 14.1. The van der Waals surface area contributed by atoms with Gasteiger partial charge >= 0.3 is 0 Å². The smallest absolute Gasteiger partial charge is 0.139 e. The number of benzene rings is 2. The van der Waals surface area contributed by atoms with Gasteiger partial charge in [0.05, 0.1) is 0 Å². The van der Waals surface area contributed by atoms with E-state index in [1.807, 2.05) is 84.2 Å². The number of aryl methyl sites for hydroxylation is 2. The van der Waals surface area contributed by atoms with Crippen LogP contribution in [0.3, 0.4) is 0 Å². The summed E-state index contributed by atoms with van der Waals surface area (Å²) in [6.07, 6.45) is 7.44. The molecule has 0 unspecified atom stereocenters. The molecule has 0 fully saturated rings. The SMILES string of the molecule is Cn1ccnc1-c1cccc(Oc2cccc(-c3nccn3C)c2)c1. The minimum Gasteiger partial charge on any atom is -0.457 e. The fourth-order valence-corrected chi connectivity index (χ4v) is 2.82. The fourth-order valence-electron chi connectivity index (χ4n) is 2.82. The van der Waals surface area contributed by atoms with Crippen LogP contribution in [0.4, 0.5) is 0 Å². The first-order valence-corrected chi connectivity index (χ1v) is 8.04. The van der Waals surface area contributed by atoms with Crippen LogP contribution in [0, 0.1) is 0 Å². The number of hydrogen-bond donors (Lipinski definition) is 0. The van der Waals surface area contributed by atoms with E-state index in [-0.39, 0.29) is 0 Å². The van der Waals surface area contributed by atoms with Crippen LogP contribution in [0.25, 0.3) is 22.8 Å². The van der Waals surface area contributed by atoms with E-state index < -0.39 is 0 Å². The molecule has 0 spiro atoms. The lowest BCUT2D eigenvalue weighted by atomic mass is 10.2. The van der Waals surface area contributed by atoms with Crippen LogP contribution in [0.1, 0.15) is 0 Å². The van der Waals surface area contributed by atoms with Gasteiger partial charge < -0.3 is 13.9 Å². The number of rotatable bonds is 4. The molecule has 2 aromatic carbocycles. The first-order valence-electron chi connectivity index (χ1n) is 8.04. The average Bonchev–Trinajstić information content (AvgIpc) is 3.23. The molecule has 0 radical (unpaired) electrons. The Bertz CT molecular complexity index is 934. The van der Waals surface area contributed by atoms with Crippen LogP contribution in [0.15, 0.2) is 73.3 Å². The van der Waals surface area contributed by atoms with E-state index in [0.717, 1.165) is 34.3 Å². The molecule has 0 saturated heterocycles. The van der Waals surface area contributed by atoms with E-state index in [4.69, 9.17) is 4.74 Å². The third-order valence-corrected chi connectivity index (χ3v) is 4.06. The Morgan fingerprint density at radius 1 is 0.720 bits per heavy atom. The van der Waals surface area contributed by atoms with Crippen molar-refractivity contribution in [1.82, 2.24) is 19.1 Å². The summed E-state index contributed by atoms with van der Waals surface area (Å²) in [5.41, 5.74) is 2.04. The summed E-state index contributed by atoms with van der Waals surface area (Å²) in [5.74, 6) is 3.37. The van der Waals surface area contributed by atoms with Gasteiger partial charge in [0.15, 0.2) is 0 Å². The molecule has 0 amide bonds. The lowest BCUT2D eigenvalue weighted by molar-refractivity contribution is 0.483. The monoisotopic (exact) mass is 330 g/mol. The van der Waals surface area contributed by atoms with Gasteiger partial charge in [-0.1, -0.05) is 24.3 Å². The molecule has 5 nitrogen and oxygen atoms in total. The minimum atomic E-state index is 0.775. The maximum absolute atomic E-state index is 6.06.